The topological polar surface area (TPSA) is 203 Å². The summed E-state index contributed by atoms with van der Waals surface area (Å²) < 4.78 is 43.6. The van der Waals surface area contributed by atoms with Gasteiger partial charge in [-0.25, -0.2) is 0 Å². The minimum absolute atomic E-state index is 0.0675. The Kier molecular flexibility index (Phi) is 7.20. The Morgan fingerprint density at radius 1 is 1.20 bits per heavy atom. The Hall–Kier alpha value is -4.57. The highest BCUT2D eigenvalue weighted by Gasteiger charge is 2.63. The number of primary amides is 1. The number of rotatable bonds is 6. The number of Topliss-reactive ketones (excluding diaryl/α,β-unsaturated/α-hetero) is 2. The molecule has 16 heteroatoms. The quantitative estimate of drug-likeness (QED) is 0.256. The van der Waals surface area contributed by atoms with Crippen LogP contribution >= 0.6 is 0 Å². The third-order valence-corrected chi connectivity index (χ3v) is 8.48. The van der Waals surface area contributed by atoms with Gasteiger partial charge in [0.2, 0.25) is 5.78 Å². The van der Waals surface area contributed by atoms with E-state index in [0.717, 1.165) is 0 Å². The number of nitrogens with two attached hydrogens (primary N) is 1. The number of aromatic nitrogens is 1. The van der Waals surface area contributed by atoms with E-state index in [-0.39, 0.29) is 36.1 Å². The molecule has 0 saturated carbocycles. The second kappa shape index (κ2) is 10.3. The van der Waals surface area contributed by atoms with Gasteiger partial charge in [-0.3, -0.25) is 19.3 Å². The zero-order valence-corrected chi connectivity index (χ0v) is 24.0. The maximum Gasteiger partial charge on any atom is 0.436 e. The van der Waals surface area contributed by atoms with E-state index in [1.807, 2.05) is 0 Å². The average Bonchev–Trinajstić information content (AvgIpc) is 3.39. The highest BCUT2D eigenvalue weighted by Crippen LogP contribution is 2.53. The number of ketones is 2. The zero-order valence-electron chi connectivity index (χ0n) is 24.0. The Morgan fingerprint density at radius 3 is 2.41 bits per heavy atom. The van der Waals surface area contributed by atoms with Gasteiger partial charge in [-0.1, -0.05) is 0 Å². The van der Waals surface area contributed by atoms with E-state index >= 15 is 0 Å². The molecule has 13 nitrogen and oxygen atoms in total. The van der Waals surface area contributed by atoms with E-state index in [1.54, 1.807) is 19.0 Å². The van der Waals surface area contributed by atoms with E-state index in [0.29, 0.717) is 17.5 Å². The van der Waals surface area contributed by atoms with Crippen LogP contribution in [0.25, 0.3) is 0 Å². The van der Waals surface area contributed by atoms with Crippen LogP contribution in [0.15, 0.2) is 39.4 Å². The molecule has 5 rings (SSSR count). The van der Waals surface area contributed by atoms with Crippen molar-refractivity contribution in [1.29, 1.82) is 0 Å². The molecule has 1 amide bonds. The van der Waals surface area contributed by atoms with E-state index in [1.165, 1.54) is 25.1 Å². The van der Waals surface area contributed by atoms with Gasteiger partial charge in [0.25, 0.3) is 11.9 Å². The van der Waals surface area contributed by atoms with Crippen molar-refractivity contribution in [2.75, 3.05) is 38.4 Å². The van der Waals surface area contributed by atoms with E-state index in [2.05, 4.69) is 10.3 Å². The number of allylic oxidation sites excluding steroid dienone is 1. The summed E-state index contributed by atoms with van der Waals surface area (Å²) >= 11 is 0. The van der Waals surface area contributed by atoms with E-state index in [4.69, 9.17) is 10.2 Å². The first kappa shape index (κ1) is 30.9. The third kappa shape index (κ3) is 4.47. The summed E-state index contributed by atoms with van der Waals surface area (Å²) in [7, 11) is 6.42. The molecule has 2 aromatic rings. The van der Waals surface area contributed by atoms with Gasteiger partial charge in [0.15, 0.2) is 17.1 Å². The van der Waals surface area contributed by atoms with Crippen LogP contribution in [0.5, 0.6) is 5.75 Å². The highest BCUT2D eigenvalue weighted by molar-refractivity contribution is 6.25. The number of amides is 1. The summed E-state index contributed by atoms with van der Waals surface area (Å²) in [6.45, 7) is -0.319. The maximum absolute atomic E-state index is 14.1. The van der Waals surface area contributed by atoms with Gasteiger partial charge in [-0.05, 0) is 44.5 Å². The average molecular weight is 622 g/mol. The molecular formula is C28H30F3N5O8. The van der Waals surface area contributed by atoms with Crippen molar-refractivity contribution >= 4 is 29.2 Å². The first-order valence-corrected chi connectivity index (χ1v) is 13.4. The van der Waals surface area contributed by atoms with Crippen LogP contribution in [0, 0.1) is 11.8 Å². The smallest absolute Gasteiger partial charge is 0.436 e. The molecule has 7 N–H and O–H groups in total. The zero-order chi connectivity index (χ0) is 32.6. The molecule has 1 aromatic carbocycles. The number of anilines is 2. The van der Waals surface area contributed by atoms with Gasteiger partial charge >= 0.3 is 6.18 Å². The van der Waals surface area contributed by atoms with Crippen molar-refractivity contribution < 1.29 is 52.4 Å². The van der Waals surface area contributed by atoms with Gasteiger partial charge in [0.1, 0.15) is 29.1 Å². The largest absolute Gasteiger partial charge is 0.510 e. The van der Waals surface area contributed by atoms with Crippen LogP contribution in [0.3, 0.4) is 0 Å². The second-order valence-electron chi connectivity index (χ2n) is 11.5. The molecule has 0 aliphatic heterocycles. The number of phenolic OH excluding ortho intramolecular Hbond substituents is 1. The predicted octanol–water partition coefficient (Wildman–Crippen LogP) is 1.81. The number of aliphatic hydroxyl groups excluding tert-OH is 2. The molecule has 4 atom stereocenters. The number of carbonyl (C=O) groups excluding carboxylic acids is 3. The van der Waals surface area contributed by atoms with Crippen LogP contribution in [-0.2, 0) is 28.7 Å². The SMILES string of the molecule is CN(C)c1cc(CNc2nc(C(F)(F)F)co2)c(O)c2c1C[C@H]1C[C@H]3[C@H](N(C)C)C(O)=C(C(N)=O)C(=O)[C@@]3(O)C(O)=C1C2=O. The standard InChI is InChI=1S/C28H30F3N5O8/c1-35(2)14-7-11(8-33-26-34-15(9-44-26)28(29,30)31)20(37)17-12(14)5-10-6-13-19(36(3)4)22(39)18(25(32)42)24(41)27(13,43)23(40)16(10)21(17)38/h7,9-10,13,19,37,39-40,43H,5-6,8H2,1-4H3,(H2,32,42)(H,33,34)/t10-,13-,19-,27-/m0/s1. The molecule has 3 aliphatic carbocycles. The number of likely N-dealkylation sites (N-methyl/N-ethyl adjacent to an activating group) is 1. The van der Waals surface area contributed by atoms with Crippen LogP contribution in [0.4, 0.5) is 24.9 Å². The molecule has 0 unspecified atom stereocenters. The monoisotopic (exact) mass is 621 g/mol. The number of hydrogen-bond donors (Lipinski definition) is 6. The molecule has 0 radical (unpaired) electrons. The molecule has 1 heterocycles. The molecule has 1 aromatic heterocycles. The van der Waals surface area contributed by atoms with Crippen LogP contribution in [0.2, 0.25) is 0 Å². The molecule has 0 spiro atoms. The van der Waals surface area contributed by atoms with Crippen LogP contribution in [0.1, 0.15) is 33.6 Å². The van der Waals surface area contributed by atoms with Crippen molar-refractivity contribution in [3.8, 4) is 5.75 Å². The lowest BCUT2D eigenvalue weighted by molar-refractivity contribution is -0.148. The minimum atomic E-state index is -4.74. The number of aromatic hydroxyl groups is 1. The molecule has 44 heavy (non-hydrogen) atoms. The number of alkyl halides is 3. The van der Waals surface area contributed by atoms with Crippen molar-refractivity contribution in [3.05, 3.63) is 57.4 Å². The molecule has 0 saturated heterocycles. The third-order valence-electron chi connectivity index (χ3n) is 8.48. The normalized spacial score (nSPS) is 25.2. The highest BCUT2D eigenvalue weighted by atomic mass is 19.4. The first-order chi connectivity index (χ1) is 20.4. The minimum Gasteiger partial charge on any atom is -0.510 e. The number of halogens is 3. The fourth-order valence-electron chi connectivity index (χ4n) is 6.54. The number of benzene rings is 1. The van der Waals surface area contributed by atoms with Crippen molar-refractivity contribution in [1.82, 2.24) is 9.88 Å². The summed E-state index contributed by atoms with van der Waals surface area (Å²) in [4.78, 5) is 46.1. The fraction of sp³-hybridized carbons (Fsp3) is 0.429. The Bertz CT molecular complexity index is 1660. The molecule has 0 bridgehead atoms. The van der Waals surface area contributed by atoms with Crippen molar-refractivity contribution in [2.24, 2.45) is 17.6 Å². The summed E-state index contributed by atoms with van der Waals surface area (Å²) in [5, 5.41) is 47.9. The lowest BCUT2D eigenvalue weighted by Crippen LogP contribution is -2.63. The number of fused-ring (bicyclic) bond motifs is 3. The number of nitrogens with one attached hydrogen (secondary N) is 1. The molecular weight excluding hydrogens is 591 g/mol. The first-order valence-electron chi connectivity index (χ1n) is 13.4. The predicted molar refractivity (Wildman–Crippen MR) is 147 cm³/mol. The Balaban J connectivity index is 1.61. The molecule has 3 aliphatic rings. The maximum atomic E-state index is 14.1. The van der Waals surface area contributed by atoms with Crippen LogP contribution in [-0.4, -0.2) is 87.6 Å². The summed E-state index contributed by atoms with van der Waals surface area (Å²) in [5.74, 6) is -7.74. The Morgan fingerprint density at radius 2 is 1.86 bits per heavy atom. The number of hydrogen-bond acceptors (Lipinski definition) is 12. The molecule has 0 fully saturated rings. The number of nitrogens with zero attached hydrogens (tertiary/aromatic N) is 3. The lowest BCUT2D eigenvalue weighted by atomic mass is 9.58. The van der Waals surface area contributed by atoms with Crippen LogP contribution < -0.4 is 16.0 Å². The van der Waals surface area contributed by atoms with E-state index in [9.17, 15) is 48.0 Å². The lowest BCUT2D eigenvalue weighted by Gasteiger charge is -2.50. The van der Waals surface area contributed by atoms with Crippen molar-refractivity contribution in [2.45, 2.75) is 37.2 Å². The number of carbonyl (C=O) groups is 3. The van der Waals surface area contributed by atoms with Gasteiger partial charge in [0.05, 0.1) is 11.6 Å². The van der Waals surface area contributed by atoms with Crippen molar-refractivity contribution in [3.63, 3.8) is 0 Å². The fourth-order valence-corrected chi connectivity index (χ4v) is 6.54. The molecule has 236 valence electrons. The van der Waals surface area contributed by atoms with Gasteiger partial charge < -0.3 is 40.8 Å². The van der Waals surface area contributed by atoms with Gasteiger partial charge in [-0.2, -0.15) is 18.2 Å². The second-order valence-corrected chi connectivity index (χ2v) is 11.5. The summed E-state index contributed by atoms with van der Waals surface area (Å²) in [6.07, 6.45) is -4.32. The summed E-state index contributed by atoms with van der Waals surface area (Å²) in [6, 6.07) is -0.0689. The summed E-state index contributed by atoms with van der Waals surface area (Å²) in [5.41, 5.74) is 0.758. The number of oxazole rings is 1. The van der Waals surface area contributed by atoms with Gasteiger partial charge in [-0.15, -0.1) is 0 Å². The van der Waals surface area contributed by atoms with E-state index < -0.39 is 81.7 Å². The number of aliphatic hydroxyl groups is 3. The Labute approximate surface area is 248 Å². The van der Waals surface area contributed by atoms with Gasteiger partial charge in [0, 0.05) is 43.4 Å². The number of phenols is 1.